The zero-order valence-corrected chi connectivity index (χ0v) is 17.3. The standard InChI is InChI=1S/C21H24F4N6/c1-14(27-2)16(12-26)13-30-7-9-31(10-8-30)20-19(28-5-6-29-20)15-3-4-18(22)17(11-15)21(23,24)25/h3-6,11-12H,7-10,13,26H2,1-2H3/b16-12-,27-14?. The van der Waals surface area contributed by atoms with E-state index in [1.54, 1.807) is 13.2 Å². The number of benzene rings is 1. The SMILES string of the molecule is CN=C(C)/C(=C\N)CN1CCN(c2nccnc2-c2ccc(F)c(C(F)(F)F)c2)CC1. The monoisotopic (exact) mass is 436 g/mol. The third-order valence-corrected chi connectivity index (χ3v) is 5.29. The summed E-state index contributed by atoms with van der Waals surface area (Å²) in [5.74, 6) is -0.840. The molecule has 0 aliphatic carbocycles. The van der Waals surface area contributed by atoms with Gasteiger partial charge in [0.1, 0.15) is 11.5 Å². The Bertz CT molecular complexity index is 978. The Morgan fingerprint density at radius 3 is 2.45 bits per heavy atom. The second-order valence-electron chi connectivity index (χ2n) is 7.19. The molecular formula is C21H24F4N6. The van der Waals surface area contributed by atoms with Crippen molar-refractivity contribution in [2.24, 2.45) is 10.7 Å². The molecule has 1 fully saturated rings. The van der Waals surface area contributed by atoms with Crippen molar-refractivity contribution in [3.63, 3.8) is 0 Å². The van der Waals surface area contributed by atoms with Gasteiger partial charge in [0.2, 0.25) is 0 Å². The van der Waals surface area contributed by atoms with Gasteiger partial charge in [0.25, 0.3) is 0 Å². The highest BCUT2D eigenvalue weighted by Gasteiger charge is 2.34. The summed E-state index contributed by atoms with van der Waals surface area (Å²) in [6.45, 7) is 5.20. The molecule has 0 radical (unpaired) electrons. The van der Waals surface area contributed by atoms with Crippen LogP contribution in [0.25, 0.3) is 11.3 Å². The van der Waals surface area contributed by atoms with Crippen LogP contribution in [0.3, 0.4) is 0 Å². The zero-order valence-electron chi connectivity index (χ0n) is 17.3. The predicted octanol–water partition coefficient (Wildman–Crippen LogP) is 3.36. The number of hydrogen-bond donors (Lipinski definition) is 1. The number of alkyl halides is 3. The van der Waals surface area contributed by atoms with Crippen LogP contribution in [-0.2, 0) is 6.18 Å². The van der Waals surface area contributed by atoms with Crippen molar-refractivity contribution in [3.8, 4) is 11.3 Å². The van der Waals surface area contributed by atoms with Gasteiger partial charge in [0.15, 0.2) is 5.82 Å². The maximum Gasteiger partial charge on any atom is 0.419 e. The van der Waals surface area contributed by atoms with Gasteiger partial charge in [-0.25, -0.2) is 9.37 Å². The van der Waals surface area contributed by atoms with Crippen LogP contribution in [0.15, 0.2) is 47.4 Å². The van der Waals surface area contributed by atoms with Crippen LogP contribution in [0, 0.1) is 5.82 Å². The molecule has 10 heteroatoms. The molecule has 0 spiro atoms. The van der Waals surface area contributed by atoms with Gasteiger partial charge in [-0.3, -0.25) is 14.9 Å². The van der Waals surface area contributed by atoms with Crippen molar-refractivity contribution in [1.29, 1.82) is 0 Å². The molecule has 1 aromatic heterocycles. The molecule has 0 bridgehead atoms. The highest BCUT2D eigenvalue weighted by Crippen LogP contribution is 2.35. The molecule has 1 aromatic carbocycles. The van der Waals surface area contributed by atoms with Crippen molar-refractivity contribution >= 4 is 11.5 Å². The van der Waals surface area contributed by atoms with Crippen LogP contribution in [0.2, 0.25) is 0 Å². The summed E-state index contributed by atoms with van der Waals surface area (Å²) in [6, 6.07) is 2.89. The molecule has 2 N–H and O–H groups in total. The summed E-state index contributed by atoms with van der Waals surface area (Å²) in [7, 11) is 1.71. The fourth-order valence-electron chi connectivity index (χ4n) is 3.45. The highest BCUT2D eigenvalue weighted by atomic mass is 19.4. The molecule has 0 amide bonds. The second kappa shape index (κ2) is 9.42. The van der Waals surface area contributed by atoms with Gasteiger partial charge in [-0.15, -0.1) is 0 Å². The normalized spacial score (nSPS) is 16.6. The van der Waals surface area contributed by atoms with Crippen molar-refractivity contribution in [3.05, 3.63) is 53.7 Å². The molecule has 0 atom stereocenters. The second-order valence-corrected chi connectivity index (χ2v) is 7.19. The van der Waals surface area contributed by atoms with E-state index in [0.29, 0.717) is 38.5 Å². The lowest BCUT2D eigenvalue weighted by molar-refractivity contribution is -0.139. The average molecular weight is 436 g/mol. The highest BCUT2D eigenvalue weighted by molar-refractivity contribution is 5.98. The number of aromatic nitrogens is 2. The molecule has 0 saturated carbocycles. The van der Waals surface area contributed by atoms with Crippen LogP contribution in [0.5, 0.6) is 0 Å². The topological polar surface area (TPSA) is 70.6 Å². The summed E-state index contributed by atoms with van der Waals surface area (Å²) < 4.78 is 53.1. The Balaban J connectivity index is 1.80. The summed E-state index contributed by atoms with van der Waals surface area (Å²) in [5, 5.41) is 0. The minimum Gasteiger partial charge on any atom is -0.404 e. The number of hydrogen-bond acceptors (Lipinski definition) is 6. The first-order chi connectivity index (χ1) is 14.7. The van der Waals surface area contributed by atoms with E-state index >= 15 is 0 Å². The van der Waals surface area contributed by atoms with Gasteiger partial charge in [-0.05, 0) is 25.1 Å². The zero-order chi connectivity index (χ0) is 22.6. The maximum absolute atomic E-state index is 13.7. The van der Waals surface area contributed by atoms with E-state index in [9.17, 15) is 17.6 Å². The summed E-state index contributed by atoms with van der Waals surface area (Å²) in [4.78, 5) is 17.0. The lowest BCUT2D eigenvalue weighted by Gasteiger charge is -2.36. The first-order valence-electron chi connectivity index (χ1n) is 9.74. The number of anilines is 1. The van der Waals surface area contributed by atoms with Crippen molar-refractivity contribution in [2.75, 3.05) is 44.7 Å². The van der Waals surface area contributed by atoms with Gasteiger partial charge in [-0.1, -0.05) is 0 Å². The molecule has 6 nitrogen and oxygen atoms in total. The smallest absolute Gasteiger partial charge is 0.404 e. The fourth-order valence-corrected chi connectivity index (χ4v) is 3.45. The first kappa shape index (κ1) is 22.7. The van der Waals surface area contributed by atoms with Crippen LogP contribution >= 0.6 is 0 Å². The molecule has 166 valence electrons. The van der Waals surface area contributed by atoms with E-state index in [-0.39, 0.29) is 11.3 Å². The Labute approximate surface area is 178 Å². The summed E-state index contributed by atoms with van der Waals surface area (Å²) >= 11 is 0. The largest absolute Gasteiger partial charge is 0.419 e. The predicted molar refractivity (Wildman–Crippen MR) is 112 cm³/mol. The van der Waals surface area contributed by atoms with E-state index in [0.717, 1.165) is 23.4 Å². The number of nitrogens with two attached hydrogens (primary N) is 1. The van der Waals surface area contributed by atoms with E-state index < -0.39 is 17.6 Å². The third-order valence-electron chi connectivity index (χ3n) is 5.29. The minimum absolute atomic E-state index is 0.169. The fraction of sp³-hybridized carbons (Fsp3) is 0.381. The molecule has 1 aliphatic heterocycles. The van der Waals surface area contributed by atoms with Gasteiger partial charge in [-0.2, -0.15) is 13.2 Å². The number of halogens is 4. The van der Waals surface area contributed by atoms with Crippen LogP contribution in [-0.4, -0.2) is 60.4 Å². The van der Waals surface area contributed by atoms with Gasteiger partial charge in [0.05, 0.1) is 5.56 Å². The third kappa shape index (κ3) is 5.19. The van der Waals surface area contributed by atoms with Crippen molar-refractivity contribution in [1.82, 2.24) is 14.9 Å². The molecule has 1 aliphatic rings. The minimum atomic E-state index is -4.79. The average Bonchev–Trinajstić information content (AvgIpc) is 2.77. The first-order valence-corrected chi connectivity index (χ1v) is 9.74. The van der Waals surface area contributed by atoms with E-state index in [4.69, 9.17) is 5.73 Å². The van der Waals surface area contributed by atoms with Crippen LogP contribution < -0.4 is 10.6 Å². The van der Waals surface area contributed by atoms with Crippen molar-refractivity contribution < 1.29 is 17.6 Å². The quantitative estimate of drug-likeness (QED) is 0.575. The lowest BCUT2D eigenvalue weighted by atomic mass is 10.1. The number of aliphatic imine (C=N–C) groups is 1. The number of rotatable bonds is 5. The van der Waals surface area contributed by atoms with Gasteiger partial charge in [0, 0.05) is 75.2 Å². The van der Waals surface area contributed by atoms with E-state index in [1.165, 1.54) is 18.5 Å². The number of nitrogens with zero attached hydrogens (tertiary/aromatic N) is 5. The summed E-state index contributed by atoms with van der Waals surface area (Å²) in [5.41, 5.74) is 6.68. The molecule has 2 aromatic rings. The van der Waals surface area contributed by atoms with E-state index in [1.807, 2.05) is 11.8 Å². The molecular weight excluding hydrogens is 412 g/mol. The molecule has 1 saturated heterocycles. The Morgan fingerprint density at radius 1 is 1.16 bits per heavy atom. The Kier molecular flexibility index (Phi) is 6.89. The maximum atomic E-state index is 13.7. The van der Waals surface area contributed by atoms with Gasteiger partial charge < -0.3 is 10.6 Å². The van der Waals surface area contributed by atoms with Gasteiger partial charge >= 0.3 is 6.18 Å². The Hall–Kier alpha value is -3.01. The number of piperazine rings is 1. The Morgan fingerprint density at radius 2 is 1.84 bits per heavy atom. The lowest BCUT2D eigenvalue weighted by Crippen LogP contribution is -2.47. The van der Waals surface area contributed by atoms with Crippen LogP contribution in [0.4, 0.5) is 23.4 Å². The van der Waals surface area contributed by atoms with Crippen LogP contribution in [0.1, 0.15) is 12.5 Å². The summed E-state index contributed by atoms with van der Waals surface area (Å²) in [6.07, 6.45) is -0.322. The van der Waals surface area contributed by atoms with Crippen molar-refractivity contribution in [2.45, 2.75) is 13.1 Å². The molecule has 31 heavy (non-hydrogen) atoms. The molecule has 2 heterocycles. The molecule has 3 rings (SSSR count). The molecule has 0 unspecified atom stereocenters. The van der Waals surface area contributed by atoms with E-state index in [2.05, 4.69) is 19.9 Å².